The number of carbonyl (C=O) groups is 1. The molecule has 0 spiro atoms. The number of hydrogen-bond donors (Lipinski definition) is 2. The molecule has 136 valence electrons. The fourth-order valence-corrected chi connectivity index (χ4v) is 3.97. The van der Waals surface area contributed by atoms with Gasteiger partial charge in [-0.1, -0.05) is 65.3 Å². The molecule has 2 atom stereocenters. The van der Waals surface area contributed by atoms with Crippen LogP contribution in [0, 0.1) is 0 Å². The van der Waals surface area contributed by atoms with Gasteiger partial charge in [0.15, 0.2) is 11.6 Å². The second kappa shape index (κ2) is 8.25. The van der Waals surface area contributed by atoms with Crippen LogP contribution in [-0.4, -0.2) is 17.5 Å². The Hall–Kier alpha value is -1.82. The number of rotatable bonds is 5. The summed E-state index contributed by atoms with van der Waals surface area (Å²) in [5.74, 6) is 0.188. The molecule has 2 N–H and O–H groups in total. The topological polar surface area (TPSA) is 50.4 Å². The van der Waals surface area contributed by atoms with Gasteiger partial charge in [0.1, 0.15) is 5.75 Å². The van der Waals surface area contributed by atoms with Gasteiger partial charge in [-0.05, 0) is 37.6 Å². The quantitative estimate of drug-likeness (QED) is 0.739. The number of benzene rings is 2. The first-order valence-corrected chi connectivity index (χ1v) is 9.69. The lowest BCUT2D eigenvalue weighted by atomic mass is 10.1. The third kappa shape index (κ3) is 4.47. The third-order valence-electron chi connectivity index (χ3n) is 3.82. The lowest BCUT2D eigenvalue weighted by Gasteiger charge is -2.19. The van der Waals surface area contributed by atoms with Crippen molar-refractivity contribution >= 4 is 46.6 Å². The van der Waals surface area contributed by atoms with E-state index in [9.17, 15) is 4.79 Å². The summed E-state index contributed by atoms with van der Waals surface area (Å²) in [6, 6.07) is 14.9. The maximum Gasteiger partial charge on any atom is 0.263 e. The van der Waals surface area contributed by atoms with Gasteiger partial charge in [-0.2, -0.15) is 0 Å². The second-order valence-corrected chi connectivity index (χ2v) is 7.95. The van der Waals surface area contributed by atoms with Crippen LogP contribution < -0.4 is 15.4 Å². The highest BCUT2D eigenvalue weighted by Gasteiger charge is 2.26. The molecule has 0 saturated heterocycles. The van der Waals surface area contributed by atoms with E-state index in [2.05, 4.69) is 10.6 Å². The van der Waals surface area contributed by atoms with Crippen LogP contribution in [0.2, 0.25) is 10.0 Å². The summed E-state index contributed by atoms with van der Waals surface area (Å²) < 4.78 is 5.66. The molecule has 2 aromatic rings. The fraction of sp³-hybridized carbons (Fsp3) is 0.211. The fourth-order valence-electron chi connectivity index (χ4n) is 2.52. The highest BCUT2D eigenvalue weighted by molar-refractivity contribution is 8.04. The van der Waals surface area contributed by atoms with E-state index < -0.39 is 6.10 Å². The summed E-state index contributed by atoms with van der Waals surface area (Å²) in [5, 5.41) is 7.16. The predicted octanol–water partition coefficient (Wildman–Crippen LogP) is 4.89. The van der Waals surface area contributed by atoms with Gasteiger partial charge in [-0.15, -0.1) is 0 Å². The Morgan fingerprint density at radius 2 is 1.96 bits per heavy atom. The second-order valence-electron chi connectivity index (χ2n) is 5.78. The molecule has 0 radical (unpaired) electrons. The Morgan fingerprint density at radius 1 is 1.23 bits per heavy atom. The molecule has 4 nitrogen and oxygen atoms in total. The maximum absolute atomic E-state index is 12.5. The van der Waals surface area contributed by atoms with E-state index in [0.717, 1.165) is 16.2 Å². The van der Waals surface area contributed by atoms with Crippen LogP contribution in [0.5, 0.6) is 5.75 Å². The molecular formula is C19H18Cl2N2O2S. The number of thioether (sulfide) groups is 1. The highest BCUT2D eigenvalue weighted by atomic mass is 35.5. The number of hydrogen-bond acceptors (Lipinski definition) is 4. The molecule has 0 fully saturated rings. The Morgan fingerprint density at radius 3 is 2.65 bits per heavy atom. The highest BCUT2D eigenvalue weighted by Crippen LogP contribution is 2.34. The van der Waals surface area contributed by atoms with Gasteiger partial charge in [-0.25, -0.2) is 0 Å². The van der Waals surface area contributed by atoms with Gasteiger partial charge >= 0.3 is 0 Å². The number of amides is 1. The number of halogens is 2. The minimum absolute atomic E-state index is 0.233. The van der Waals surface area contributed by atoms with Crippen LogP contribution in [0.15, 0.2) is 53.4 Å². The molecule has 7 heteroatoms. The molecule has 1 aliphatic heterocycles. The van der Waals surface area contributed by atoms with E-state index in [4.69, 9.17) is 27.9 Å². The van der Waals surface area contributed by atoms with Crippen LogP contribution in [0.3, 0.4) is 0 Å². The molecular weight excluding hydrogens is 391 g/mol. The Kier molecular flexibility index (Phi) is 6.01. The summed E-state index contributed by atoms with van der Waals surface area (Å²) in [7, 11) is 0. The molecule has 0 unspecified atom stereocenters. The van der Waals surface area contributed by atoms with Crippen molar-refractivity contribution in [1.82, 2.24) is 10.6 Å². The van der Waals surface area contributed by atoms with Crippen molar-refractivity contribution in [3.63, 3.8) is 0 Å². The van der Waals surface area contributed by atoms with Crippen molar-refractivity contribution in [3.05, 3.63) is 69.0 Å². The minimum atomic E-state index is -0.697. The average Bonchev–Trinajstić information content (AvgIpc) is 2.98. The first kappa shape index (κ1) is 19.0. The summed E-state index contributed by atoms with van der Waals surface area (Å²) in [6.07, 6.45) is -0.697. The van der Waals surface area contributed by atoms with Crippen LogP contribution in [-0.2, 0) is 4.79 Å². The van der Waals surface area contributed by atoms with Gasteiger partial charge in [-0.3, -0.25) is 4.79 Å². The van der Waals surface area contributed by atoms with E-state index in [-0.39, 0.29) is 11.4 Å². The Bertz CT molecular complexity index is 843. The van der Waals surface area contributed by atoms with Gasteiger partial charge in [0, 0.05) is 9.93 Å². The van der Waals surface area contributed by atoms with Crippen LogP contribution >= 0.6 is 35.0 Å². The normalized spacial score (nSPS) is 17.6. The third-order valence-corrected chi connectivity index (χ3v) is 5.38. The predicted molar refractivity (Wildman–Crippen MR) is 108 cm³/mol. The van der Waals surface area contributed by atoms with Crippen molar-refractivity contribution in [2.45, 2.75) is 25.4 Å². The van der Waals surface area contributed by atoms with Gasteiger partial charge in [0.25, 0.3) is 5.91 Å². The zero-order chi connectivity index (χ0) is 18.7. The number of ether oxygens (including phenoxy) is 1. The Balaban J connectivity index is 1.59. The van der Waals surface area contributed by atoms with Crippen LogP contribution in [0.4, 0.5) is 0 Å². The van der Waals surface area contributed by atoms with Gasteiger partial charge < -0.3 is 15.4 Å². The van der Waals surface area contributed by atoms with Crippen molar-refractivity contribution in [2.75, 3.05) is 0 Å². The standard InChI is InChI=1S/C19H18Cl2N2O2S/c1-11(25-16-9-8-14(20)10-15(16)21)18(24)23-19-22-17(12(2)26-19)13-6-4-3-5-7-13/h3-11,19,22H,1-2H3,(H,23,24)/t11-,19-/m1/s1. The van der Waals surface area contributed by atoms with Crippen molar-refractivity contribution in [2.24, 2.45) is 0 Å². The average molecular weight is 409 g/mol. The van der Waals surface area contributed by atoms with E-state index in [1.807, 2.05) is 37.3 Å². The van der Waals surface area contributed by atoms with Gasteiger partial charge in [0.05, 0.1) is 10.7 Å². The molecule has 2 aromatic carbocycles. The van der Waals surface area contributed by atoms with E-state index in [1.54, 1.807) is 36.9 Å². The molecule has 1 amide bonds. The SMILES string of the molecule is CC1=C(c2ccccc2)N[C@H](NC(=O)[C@@H](C)Oc2ccc(Cl)cc2Cl)S1. The van der Waals surface area contributed by atoms with Crippen molar-refractivity contribution < 1.29 is 9.53 Å². The summed E-state index contributed by atoms with van der Waals surface area (Å²) in [6.45, 7) is 3.71. The van der Waals surface area contributed by atoms with E-state index >= 15 is 0 Å². The van der Waals surface area contributed by atoms with Crippen LogP contribution in [0.1, 0.15) is 19.4 Å². The number of allylic oxidation sites excluding steroid dienone is 1. The van der Waals surface area contributed by atoms with E-state index in [0.29, 0.717) is 15.8 Å². The molecule has 0 aliphatic carbocycles. The van der Waals surface area contributed by atoms with Crippen molar-refractivity contribution in [1.29, 1.82) is 0 Å². The molecule has 1 heterocycles. The van der Waals surface area contributed by atoms with E-state index in [1.165, 1.54) is 0 Å². The lowest BCUT2D eigenvalue weighted by Crippen LogP contribution is -2.45. The molecule has 0 saturated carbocycles. The summed E-state index contributed by atoms with van der Waals surface area (Å²) in [4.78, 5) is 13.6. The summed E-state index contributed by atoms with van der Waals surface area (Å²) >= 11 is 13.5. The monoisotopic (exact) mass is 408 g/mol. The van der Waals surface area contributed by atoms with Crippen molar-refractivity contribution in [3.8, 4) is 5.75 Å². The number of nitrogens with one attached hydrogen (secondary N) is 2. The zero-order valence-electron chi connectivity index (χ0n) is 14.3. The zero-order valence-corrected chi connectivity index (χ0v) is 16.6. The largest absolute Gasteiger partial charge is 0.479 e. The number of carbonyl (C=O) groups excluding carboxylic acids is 1. The van der Waals surface area contributed by atoms with Gasteiger partial charge in [0.2, 0.25) is 0 Å². The minimum Gasteiger partial charge on any atom is -0.479 e. The summed E-state index contributed by atoms with van der Waals surface area (Å²) in [5.41, 5.74) is 1.87. The lowest BCUT2D eigenvalue weighted by molar-refractivity contribution is -0.127. The first-order valence-electron chi connectivity index (χ1n) is 8.05. The smallest absolute Gasteiger partial charge is 0.263 e. The first-order chi connectivity index (χ1) is 12.4. The van der Waals surface area contributed by atoms with Crippen LogP contribution in [0.25, 0.3) is 5.70 Å². The maximum atomic E-state index is 12.5. The molecule has 26 heavy (non-hydrogen) atoms. The molecule has 3 rings (SSSR count). The molecule has 0 aromatic heterocycles. The molecule has 1 aliphatic rings. The molecule has 0 bridgehead atoms. The Labute approximate surface area is 166 Å².